The molecule has 0 saturated carbocycles. The number of aromatic nitrogens is 3. The van der Waals surface area contributed by atoms with Crippen LogP contribution in [0.3, 0.4) is 0 Å². The minimum absolute atomic E-state index is 0.00849. The summed E-state index contributed by atoms with van der Waals surface area (Å²) in [6.45, 7) is 5.97. The Kier molecular flexibility index (Phi) is 5.42. The lowest BCUT2D eigenvalue weighted by Crippen LogP contribution is -2.12. The van der Waals surface area contributed by atoms with Gasteiger partial charge in [0.15, 0.2) is 10.8 Å². The second-order valence-corrected chi connectivity index (χ2v) is 7.22. The van der Waals surface area contributed by atoms with Gasteiger partial charge in [-0.2, -0.15) is 5.10 Å². The van der Waals surface area contributed by atoms with Gasteiger partial charge in [0.2, 0.25) is 0 Å². The average molecular weight is 413 g/mol. The molecule has 2 heterocycles. The quantitative estimate of drug-likeness (QED) is 0.519. The molecule has 0 amide bonds. The van der Waals surface area contributed by atoms with Crippen LogP contribution in [0.15, 0.2) is 24.4 Å². The van der Waals surface area contributed by atoms with E-state index in [1.807, 2.05) is 13.8 Å². The predicted octanol–water partition coefficient (Wildman–Crippen LogP) is 5.66. The van der Waals surface area contributed by atoms with E-state index in [9.17, 15) is 4.79 Å². The molecule has 0 unspecified atom stereocenters. The van der Waals surface area contributed by atoms with Crippen LogP contribution in [0.1, 0.15) is 42.6 Å². The number of rotatable bonds is 4. The van der Waals surface area contributed by atoms with Gasteiger partial charge in [0.25, 0.3) is 0 Å². The van der Waals surface area contributed by atoms with Gasteiger partial charge in [-0.25, -0.2) is 14.3 Å². The van der Waals surface area contributed by atoms with Gasteiger partial charge in [-0.3, -0.25) is 0 Å². The Balaban J connectivity index is 2.28. The molecule has 26 heavy (non-hydrogen) atoms. The Morgan fingerprint density at radius 3 is 2.42 bits per heavy atom. The Morgan fingerprint density at radius 2 is 1.85 bits per heavy atom. The van der Waals surface area contributed by atoms with E-state index in [0.717, 1.165) is 5.56 Å². The van der Waals surface area contributed by atoms with Gasteiger partial charge in [-0.05, 0) is 31.0 Å². The first kappa shape index (κ1) is 19.0. The molecule has 0 bridgehead atoms. The number of hydrogen-bond donors (Lipinski definition) is 0. The van der Waals surface area contributed by atoms with Crippen molar-refractivity contribution in [2.45, 2.75) is 26.7 Å². The maximum absolute atomic E-state index is 12.3. The van der Waals surface area contributed by atoms with Crippen LogP contribution in [0.25, 0.3) is 16.9 Å². The van der Waals surface area contributed by atoms with E-state index in [1.54, 1.807) is 25.1 Å². The van der Waals surface area contributed by atoms with E-state index < -0.39 is 5.97 Å². The van der Waals surface area contributed by atoms with Crippen LogP contribution in [0, 0.1) is 0 Å². The van der Waals surface area contributed by atoms with E-state index in [-0.39, 0.29) is 12.5 Å². The highest BCUT2D eigenvalue weighted by atomic mass is 35.5. The molecule has 2 aromatic heterocycles. The number of fused-ring (bicyclic) bond motifs is 1. The maximum atomic E-state index is 12.3. The summed E-state index contributed by atoms with van der Waals surface area (Å²) in [6, 6.07) is 5.08. The SMILES string of the molecule is CCOC(=O)c1cnn2c(Cl)c(-c3cc(Cl)cc(Cl)c3)nc2c1C(C)C. The number of carbonyl (C=O) groups excluding carboxylic acids is 1. The molecular weight excluding hydrogens is 397 g/mol. The average Bonchev–Trinajstić information content (AvgIpc) is 2.90. The number of halogens is 3. The van der Waals surface area contributed by atoms with Crippen molar-refractivity contribution in [1.29, 1.82) is 0 Å². The van der Waals surface area contributed by atoms with E-state index in [1.165, 1.54) is 10.7 Å². The molecule has 5 nitrogen and oxygen atoms in total. The summed E-state index contributed by atoms with van der Waals surface area (Å²) in [5.74, 6) is -0.424. The third-order valence-corrected chi connectivity index (χ3v) is 4.62. The summed E-state index contributed by atoms with van der Waals surface area (Å²) in [6.07, 6.45) is 1.46. The van der Waals surface area contributed by atoms with Gasteiger partial charge in [0.1, 0.15) is 5.69 Å². The smallest absolute Gasteiger partial charge is 0.340 e. The van der Waals surface area contributed by atoms with E-state index in [4.69, 9.17) is 39.5 Å². The molecule has 0 saturated heterocycles. The number of ether oxygens (including phenoxy) is 1. The van der Waals surface area contributed by atoms with Crippen LogP contribution in [0.5, 0.6) is 0 Å². The second-order valence-electron chi connectivity index (χ2n) is 5.99. The third kappa shape index (κ3) is 3.39. The summed E-state index contributed by atoms with van der Waals surface area (Å²) in [5, 5.41) is 5.54. The molecule has 0 atom stereocenters. The van der Waals surface area contributed by atoms with Crippen molar-refractivity contribution in [3.8, 4) is 11.3 Å². The third-order valence-electron chi connectivity index (χ3n) is 3.84. The molecule has 3 aromatic rings. The largest absolute Gasteiger partial charge is 0.462 e. The zero-order valence-electron chi connectivity index (χ0n) is 14.4. The molecule has 8 heteroatoms. The summed E-state index contributed by atoms with van der Waals surface area (Å²) < 4.78 is 6.64. The highest BCUT2D eigenvalue weighted by Crippen LogP contribution is 2.34. The lowest BCUT2D eigenvalue weighted by atomic mass is 10.00. The zero-order chi connectivity index (χ0) is 19.0. The van der Waals surface area contributed by atoms with Crippen LogP contribution in [0.2, 0.25) is 15.2 Å². The van der Waals surface area contributed by atoms with Gasteiger partial charge >= 0.3 is 5.97 Å². The van der Waals surface area contributed by atoms with Crippen LogP contribution in [-0.4, -0.2) is 27.2 Å². The number of benzene rings is 1. The molecule has 0 N–H and O–H groups in total. The highest BCUT2D eigenvalue weighted by molar-refractivity contribution is 6.35. The summed E-state index contributed by atoms with van der Waals surface area (Å²) >= 11 is 18.7. The van der Waals surface area contributed by atoms with Gasteiger partial charge in [-0.1, -0.05) is 48.7 Å². The zero-order valence-corrected chi connectivity index (χ0v) is 16.7. The van der Waals surface area contributed by atoms with E-state index in [2.05, 4.69) is 10.1 Å². The van der Waals surface area contributed by atoms with Crippen molar-refractivity contribution in [3.05, 3.63) is 50.7 Å². The van der Waals surface area contributed by atoms with Crippen LogP contribution in [0.4, 0.5) is 0 Å². The first-order chi connectivity index (χ1) is 12.3. The van der Waals surface area contributed by atoms with Gasteiger partial charge < -0.3 is 4.74 Å². The van der Waals surface area contributed by atoms with Gasteiger partial charge in [0.05, 0.1) is 18.4 Å². The van der Waals surface area contributed by atoms with Crippen molar-refractivity contribution in [1.82, 2.24) is 14.6 Å². The molecular formula is C18H16Cl3N3O2. The molecule has 0 spiro atoms. The van der Waals surface area contributed by atoms with Crippen molar-refractivity contribution in [2.75, 3.05) is 6.61 Å². The first-order valence-corrected chi connectivity index (χ1v) is 9.17. The molecule has 0 aliphatic carbocycles. The monoisotopic (exact) mass is 411 g/mol. The van der Waals surface area contributed by atoms with Gasteiger partial charge in [0, 0.05) is 21.2 Å². The molecule has 1 aromatic carbocycles. The Hall–Kier alpha value is -1.82. The number of hydrogen-bond acceptors (Lipinski definition) is 4. The fraction of sp³-hybridized carbons (Fsp3) is 0.278. The summed E-state index contributed by atoms with van der Waals surface area (Å²) in [5.41, 5.74) is 2.77. The molecule has 0 radical (unpaired) electrons. The van der Waals surface area contributed by atoms with Gasteiger partial charge in [-0.15, -0.1) is 0 Å². The lowest BCUT2D eigenvalue weighted by Gasteiger charge is -2.12. The van der Waals surface area contributed by atoms with Crippen molar-refractivity contribution >= 4 is 46.4 Å². The van der Waals surface area contributed by atoms with Crippen LogP contribution in [-0.2, 0) is 4.74 Å². The van der Waals surface area contributed by atoms with Crippen LogP contribution >= 0.6 is 34.8 Å². The van der Waals surface area contributed by atoms with Crippen molar-refractivity contribution in [2.24, 2.45) is 0 Å². The summed E-state index contributed by atoms with van der Waals surface area (Å²) in [4.78, 5) is 16.9. The summed E-state index contributed by atoms with van der Waals surface area (Å²) in [7, 11) is 0. The van der Waals surface area contributed by atoms with E-state index in [0.29, 0.717) is 37.7 Å². The highest BCUT2D eigenvalue weighted by Gasteiger charge is 2.24. The first-order valence-electron chi connectivity index (χ1n) is 8.04. The molecule has 0 aliphatic rings. The molecule has 136 valence electrons. The topological polar surface area (TPSA) is 56.5 Å². The van der Waals surface area contributed by atoms with Crippen LogP contribution < -0.4 is 0 Å². The minimum atomic E-state index is -0.433. The number of carbonyl (C=O) groups is 1. The molecule has 3 rings (SSSR count). The fourth-order valence-electron chi connectivity index (χ4n) is 2.79. The number of nitrogens with zero attached hydrogens (tertiary/aromatic N) is 3. The number of imidazole rings is 1. The molecule has 0 fully saturated rings. The maximum Gasteiger partial charge on any atom is 0.340 e. The van der Waals surface area contributed by atoms with Crippen molar-refractivity contribution < 1.29 is 9.53 Å². The normalized spacial score (nSPS) is 11.3. The fourth-order valence-corrected chi connectivity index (χ4v) is 3.59. The minimum Gasteiger partial charge on any atom is -0.462 e. The number of esters is 1. The second kappa shape index (κ2) is 7.43. The van der Waals surface area contributed by atoms with Crippen molar-refractivity contribution in [3.63, 3.8) is 0 Å². The predicted molar refractivity (Wildman–Crippen MR) is 103 cm³/mol. The Bertz CT molecular complexity index is 979. The Morgan fingerprint density at radius 1 is 1.19 bits per heavy atom. The Labute approximate surface area is 165 Å². The lowest BCUT2D eigenvalue weighted by molar-refractivity contribution is 0.0524. The van der Waals surface area contributed by atoms with E-state index >= 15 is 0 Å². The standard InChI is InChI=1S/C18H16Cl3N3O2/c1-4-26-18(25)13-8-22-24-16(21)15(23-17(24)14(13)9(2)3)10-5-11(19)7-12(20)6-10/h5-9H,4H2,1-3H3. The molecule has 0 aliphatic heterocycles.